The molecule has 2 aromatic carbocycles. The fourth-order valence-electron chi connectivity index (χ4n) is 4.66. The number of aromatic nitrogens is 1. The Morgan fingerprint density at radius 3 is 2.83 bits per heavy atom. The number of nitrogens with one attached hydrogen (secondary N) is 1. The van der Waals surface area contributed by atoms with Crippen molar-refractivity contribution in [2.24, 2.45) is 0 Å². The number of hydrogen-bond acceptors (Lipinski definition) is 3. The summed E-state index contributed by atoms with van der Waals surface area (Å²) in [6.07, 6.45) is 1.83. The van der Waals surface area contributed by atoms with E-state index in [4.69, 9.17) is 21.6 Å². The summed E-state index contributed by atoms with van der Waals surface area (Å²) in [6, 6.07) is 15.9. The van der Waals surface area contributed by atoms with E-state index in [0.29, 0.717) is 30.4 Å². The predicted octanol–water partition coefficient (Wildman–Crippen LogP) is 4.55. The maximum atomic E-state index is 13.1. The van der Waals surface area contributed by atoms with Crippen LogP contribution in [0.5, 0.6) is 0 Å². The van der Waals surface area contributed by atoms with E-state index in [1.54, 1.807) is 6.07 Å². The number of nitriles is 1. The Balaban J connectivity index is 1.38. The maximum absolute atomic E-state index is 13.1. The smallest absolute Gasteiger partial charge is 0.270 e. The van der Waals surface area contributed by atoms with Crippen LogP contribution in [-0.4, -0.2) is 28.9 Å². The molecule has 2 aliphatic rings. The van der Waals surface area contributed by atoms with Gasteiger partial charge in [-0.05, 0) is 47.7 Å². The van der Waals surface area contributed by atoms with Crippen molar-refractivity contribution in [1.82, 2.24) is 9.88 Å². The van der Waals surface area contributed by atoms with Crippen LogP contribution in [0.2, 0.25) is 5.02 Å². The third-order valence-corrected chi connectivity index (χ3v) is 6.36. The minimum atomic E-state index is -0.263. The van der Waals surface area contributed by atoms with Gasteiger partial charge in [0.25, 0.3) is 5.91 Å². The summed E-state index contributed by atoms with van der Waals surface area (Å²) in [5, 5.41) is 10.5. The largest absolute Gasteiger partial charge is 0.365 e. The van der Waals surface area contributed by atoms with Gasteiger partial charge in [0, 0.05) is 23.5 Å². The van der Waals surface area contributed by atoms with Crippen molar-refractivity contribution in [3.05, 3.63) is 69.9 Å². The normalized spacial score (nSPS) is 17.4. The van der Waals surface area contributed by atoms with Crippen LogP contribution in [-0.2, 0) is 23.4 Å². The van der Waals surface area contributed by atoms with Crippen molar-refractivity contribution in [3.63, 3.8) is 0 Å². The number of benzene rings is 2. The molecule has 6 heteroatoms. The number of carbonyl (C=O) groups excluding carboxylic acids is 1. The van der Waals surface area contributed by atoms with Crippen molar-refractivity contribution in [3.8, 4) is 6.07 Å². The average Bonchev–Trinajstić information content (AvgIpc) is 3.31. The lowest BCUT2D eigenvalue weighted by atomic mass is 9.84. The molecule has 0 aliphatic carbocycles. The number of amides is 1. The van der Waals surface area contributed by atoms with Crippen molar-refractivity contribution < 1.29 is 9.53 Å². The minimum absolute atomic E-state index is 0.0265. The van der Waals surface area contributed by atoms with Gasteiger partial charge in [-0.15, -0.1) is 0 Å². The number of hydrogen-bond donors (Lipinski definition) is 1. The highest BCUT2D eigenvalue weighted by Gasteiger charge is 2.43. The van der Waals surface area contributed by atoms with Gasteiger partial charge >= 0.3 is 0 Å². The zero-order valence-electron chi connectivity index (χ0n) is 15.9. The zero-order valence-corrected chi connectivity index (χ0v) is 16.6. The van der Waals surface area contributed by atoms with Gasteiger partial charge in [-0.2, -0.15) is 5.26 Å². The predicted molar refractivity (Wildman–Crippen MR) is 111 cm³/mol. The van der Waals surface area contributed by atoms with Gasteiger partial charge in [0.15, 0.2) is 0 Å². The van der Waals surface area contributed by atoms with Gasteiger partial charge in [-0.25, -0.2) is 0 Å². The fraction of sp³-hybridized carbons (Fsp3) is 0.304. The molecule has 1 spiro atoms. The van der Waals surface area contributed by atoms with E-state index >= 15 is 0 Å². The van der Waals surface area contributed by atoms with E-state index in [0.717, 1.165) is 29.3 Å². The second kappa shape index (κ2) is 6.91. The molecule has 0 bridgehead atoms. The molecule has 1 aromatic heterocycles. The Kier molecular flexibility index (Phi) is 4.34. The van der Waals surface area contributed by atoms with Crippen LogP contribution in [0.4, 0.5) is 0 Å². The molecule has 0 saturated carbocycles. The summed E-state index contributed by atoms with van der Waals surface area (Å²) in [7, 11) is 0. The number of H-pyrrole nitrogens is 1. The maximum Gasteiger partial charge on any atom is 0.270 e. The van der Waals surface area contributed by atoms with Gasteiger partial charge in [0.2, 0.25) is 0 Å². The Morgan fingerprint density at radius 1 is 1.24 bits per heavy atom. The second-order valence-corrected chi connectivity index (χ2v) is 8.22. The first-order valence-electron chi connectivity index (χ1n) is 9.79. The molecule has 3 heterocycles. The summed E-state index contributed by atoms with van der Waals surface area (Å²) < 4.78 is 6.20. The van der Waals surface area contributed by atoms with E-state index in [1.165, 1.54) is 11.1 Å². The first-order valence-corrected chi connectivity index (χ1v) is 10.2. The summed E-state index contributed by atoms with van der Waals surface area (Å²) in [4.78, 5) is 18.2. The number of nitrogens with zero attached hydrogens (tertiary/aromatic N) is 2. The molecule has 1 fully saturated rings. The van der Waals surface area contributed by atoms with Crippen LogP contribution in [0, 0.1) is 11.3 Å². The molecule has 146 valence electrons. The van der Waals surface area contributed by atoms with Crippen LogP contribution in [0.15, 0.2) is 42.5 Å². The number of likely N-dealkylation sites (tertiary alicyclic amines) is 1. The SMILES string of the molecule is N#CCc1cc(Cl)cc2cc(C(=O)N3CCC4(CC3)OCc3ccccc34)[nH]c12. The van der Waals surface area contributed by atoms with Crippen LogP contribution >= 0.6 is 11.6 Å². The van der Waals surface area contributed by atoms with Gasteiger partial charge in [0.1, 0.15) is 5.69 Å². The van der Waals surface area contributed by atoms with Crippen molar-refractivity contribution in [1.29, 1.82) is 5.26 Å². The highest BCUT2D eigenvalue weighted by molar-refractivity contribution is 6.31. The lowest BCUT2D eigenvalue weighted by Crippen LogP contribution is -2.45. The number of piperidine rings is 1. The Morgan fingerprint density at radius 2 is 2.03 bits per heavy atom. The zero-order chi connectivity index (χ0) is 20.0. The van der Waals surface area contributed by atoms with Gasteiger partial charge in [-0.3, -0.25) is 4.79 Å². The summed E-state index contributed by atoms with van der Waals surface area (Å²) in [5.74, 6) is -0.0265. The molecule has 5 nitrogen and oxygen atoms in total. The number of rotatable bonds is 2. The average molecular weight is 406 g/mol. The highest BCUT2D eigenvalue weighted by atomic mass is 35.5. The van der Waals surface area contributed by atoms with E-state index in [9.17, 15) is 4.79 Å². The van der Waals surface area contributed by atoms with E-state index in [1.807, 2.05) is 23.1 Å². The van der Waals surface area contributed by atoms with Crippen LogP contribution in [0.25, 0.3) is 10.9 Å². The number of ether oxygens (including phenoxy) is 1. The fourth-order valence-corrected chi connectivity index (χ4v) is 4.91. The number of aromatic amines is 1. The number of carbonyl (C=O) groups is 1. The molecule has 1 N–H and O–H groups in total. The van der Waals surface area contributed by atoms with Gasteiger partial charge in [-0.1, -0.05) is 35.9 Å². The van der Waals surface area contributed by atoms with Gasteiger partial charge in [0.05, 0.1) is 30.2 Å². The van der Waals surface area contributed by atoms with Crippen LogP contribution in [0.1, 0.15) is 40.0 Å². The minimum Gasteiger partial charge on any atom is -0.365 e. The highest BCUT2D eigenvalue weighted by Crippen LogP contribution is 2.44. The lowest BCUT2D eigenvalue weighted by Gasteiger charge is -2.39. The third-order valence-electron chi connectivity index (χ3n) is 6.15. The molecular formula is C23H20ClN3O2. The molecule has 3 aromatic rings. The first kappa shape index (κ1) is 18.2. The Hall–Kier alpha value is -2.81. The summed E-state index contributed by atoms with van der Waals surface area (Å²) in [6.45, 7) is 1.94. The van der Waals surface area contributed by atoms with Crippen LogP contribution < -0.4 is 0 Å². The van der Waals surface area contributed by atoms with E-state index < -0.39 is 0 Å². The Bertz CT molecular complexity index is 1150. The van der Waals surface area contributed by atoms with E-state index in [-0.39, 0.29) is 17.9 Å². The summed E-state index contributed by atoms with van der Waals surface area (Å²) >= 11 is 6.18. The first-order chi connectivity index (χ1) is 14.1. The van der Waals surface area contributed by atoms with Gasteiger partial charge < -0.3 is 14.6 Å². The quantitative estimate of drug-likeness (QED) is 0.680. The lowest BCUT2D eigenvalue weighted by molar-refractivity contribution is -0.0742. The molecule has 0 radical (unpaired) electrons. The Labute approximate surface area is 173 Å². The molecule has 1 amide bonds. The summed E-state index contributed by atoms with van der Waals surface area (Å²) in [5.41, 5.74) is 4.41. The number of fused-ring (bicyclic) bond motifs is 3. The second-order valence-electron chi connectivity index (χ2n) is 7.78. The molecular weight excluding hydrogens is 386 g/mol. The van der Waals surface area contributed by atoms with Crippen molar-refractivity contribution in [2.45, 2.75) is 31.5 Å². The molecule has 0 atom stereocenters. The van der Waals surface area contributed by atoms with Crippen LogP contribution in [0.3, 0.4) is 0 Å². The monoisotopic (exact) mass is 405 g/mol. The molecule has 2 aliphatic heterocycles. The van der Waals surface area contributed by atoms with Crippen molar-refractivity contribution in [2.75, 3.05) is 13.1 Å². The standard InChI is InChI=1S/C23H20ClN3O2/c24-18-11-15(5-8-25)21-17(12-18)13-20(26-21)22(28)27-9-6-23(7-10-27)19-4-2-1-3-16(19)14-29-23/h1-4,11-13,26H,5-7,9-10,14H2. The molecule has 1 saturated heterocycles. The van der Waals surface area contributed by atoms with Crippen molar-refractivity contribution >= 4 is 28.4 Å². The third kappa shape index (κ3) is 3.00. The molecule has 0 unspecified atom stereocenters. The molecule has 29 heavy (non-hydrogen) atoms. The number of halogens is 1. The van der Waals surface area contributed by atoms with E-state index in [2.05, 4.69) is 29.3 Å². The molecule has 5 rings (SSSR count). The topological polar surface area (TPSA) is 69.1 Å².